The molecule has 4 rings (SSSR count). The molecule has 0 fully saturated rings. The third-order valence-corrected chi connectivity index (χ3v) is 6.73. The standard InChI is InChI=1S/C26H37N7O3/c1-32-14-10-21-24(28-18-29-25(21)32)31-22(26(34)35)11-15-33(16-17-36-2)13-4-3-7-20-9-8-19-6-5-12-27-23(19)30-20/h8-10,14,18,22H,3-7,11-13,15-17H2,1-2H3,(H,27,30)(H,34,35)(H,28,29,31)/t22-/m0/s1. The second-order valence-corrected chi connectivity index (χ2v) is 9.34. The van der Waals surface area contributed by atoms with E-state index in [1.165, 1.54) is 18.3 Å². The third kappa shape index (κ3) is 6.70. The maximum absolute atomic E-state index is 12.0. The van der Waals surface area contributed by atoms with Crippen LogP contribution in [0.15, 0.2) is 30.7 Å². The van der Waals surface area contributed by atoms with Crippen molar-refractivity contribution in [3.63, 3.8) is 0 Å². The summed E-state index contributed by atoms with van der Waals surface area (Å²) in [6, 6.07) is 5.50. The van der Waals surface area contributed by atoms with Crippen molar-refractivity contribution in [3.05, 3.63) is 42.0 Å². The van der Waals surface area contributed by atoms with Crippen LogP contribution in [-0.2, 0) is 29.4 Å². The minimum atomic E-state index is -0.892. The lowest BCUT2D eigenvalue weighted by Crippen LogP contribution is -2.37. The number of hydrogen-bond donors (Lipinski definition) is 3. The number of anilines is 2. The summed E-state index contributed by atoms with van der Waals surface area (Å²) in [5.41, 5.74) is 3.20. The van der Waals surface area contributed by atoms with Gasteiger partial charge in [0, 0.05) is 45.7 Å². The molecular weight excluding hydrogens is 458 g/mol. The molecule has 1 atom stereocenters. The maximum atomic E-state index is 12.0. The number of carboxylic acids is 1. The van der Waals surface area contributed by atoms with Gasteiger partial charge in [0.25, 0.3) is 0 Å². The summed E-state index contributed by atoms with van der Waals surface area (Å²) in [4.78, 5) is 27.7. The molecule has 10 heteroatoms. The van der Waals surface area contributed by atoms with Gasteiger partial charge in [-0.3, -0.25) is 0 Å². The van der Waals surface area contributed by atoms with Gasteiger partial charge >= 0.3 is 5.97 Å². The van der Waals surface area contributed by atoms with Crippen LogP contribution in [-0.4, -0.2) is 81.4 Å². The number of nitrogens with one attached hydrogen (secondary N) is 2. The molecule has 0 spiro atoms. The van der Waals surface area contributed by atoms with Crippen molar-refractivity contribution in [1.82, 2.24) is 24.4 Å². The Bertz CT molecular complexity index is 1150. The van der Waals surface area contributed by atoms with Crippen molar-refractivity contribution in [1.29, 1.82) is 0 Å². The average molecular weight is 496 g/mol. The van der Waals surface area contributed by atoms with Gasteiger partial charge in [-0.2, -0.15) is 0 Å². The smallest absolute Gasteiger partial charge is 0.326 e. The highest BCUT2D eigenvalue weighted by atomic mass is 16.5. The highest BCUT2D eigenvalue weighted by Gasteiger charge is 2.21. The molecule has 0 amide bonds. The Kier molecular flexibility index (Phi) is 9.07. The zero-order valence-electron chi connectivity index (χ0n) is 21.2. The summed E-state index contributed by atoms with van der Waals surface area (Å²) in [6.07, 6.45) is 9.05. The minimum absolute atomic E-state index is 0.454. The third-order valence-electron chi connectivity index (χ3n) is 6.73. The van der Waals surface area contributed by atoms with Crippen LogP contribution in [0.3, 0.4) is 0 Å². The first-order valence-electron chi connectivity index (χ1n) is 12.7. The molecular formula is C26H37N7O3. The van der Waals surface area contributed by atoms with E-state index in [1.54, 1.807) is 7.11 Å². The summed E-state index contributed by atoms with van der Waals surface area (Å²) in [5.74, 6) is 0.698. The van der Waals surface area contributed by atoms with Gasteiger partial charge in [-0.05, 0) is 62.8 Å². The first-order chi connectivity index (χ1) is 17.5. The Balaban J connectivity index is 1.29. The number of aryl methyl sites for hydroxylation is 3. The summed E-state index contributed by atoms with van der Waals surface area (Å²) in [6.45, 7) is 3.91. The minimum Gasteiger partial charge on any atom is -0.480 e. The number of carbonyl (C=O) groups is 1. The first-order valence-corrected chi connectivity index (χ1v) is 12.7. The zero-order valence-corrected chi connectivity index (χ0v) is 21.2. The molecule has 1 aliphatic heterocycles. The van der Waals surface area contributed by atoms with Gasteiger partial charge in [-0.25, -0.2) is 19.7 Å². The molecule has 0 bridgehead atoms. The SMILES string of the molecule is COCCN(CCCCc1ccc2c(n1)NCCC2)CC[C@H](Nc1ncnc2c1ccn2C)C(=O)O. The van der Waals surface area contributed by atoms with Crippen LogP contribution >= 0.6 is 0 Å². The van der Waals surface area contributed by atoms with E-state index in [2.05, 4.69) is 37.6 Å². The fourth-order valence-corrected chi connectivity index (χ4v) is 4.63. The van der Waals surface area contributed by atoms with Gasteiger partial charge in [-0.15, -0.1) is 0 Å². The molecule has 3 aromatic rings. The molecule has 10 nitrogen and oxygen atoms in total. The lowest BCUT2D eigenvalue weighted by atomic mass is 10.1. The number of methoxy groups -OCH3 is 1. The number of aromatic nitrogens is 4. The fraction of sp³-hybridized carbons (Fsp3) is 0.538. The highest BCUT2D eigenvalue weighted by molar-refractivity contribution is 5.89. The predicted molar refractivity (Wildman–Crippen MR) is 140 cm³/mol. The van der Waals surface area contributed by atoms with Crippen LogP contribution in [0.2, 0.25) is 0 Å². The summed E-state index contributed by atoms with van der Waals surface area (Å²) in [5, 5.41) is 17.2. The van der Waals surface area contributed by atoms with Gasteiger partial charge in [0.2, 0.25) is 0 Å². The Morgan fingerprint density at radius 3 is 2.97 bits per heavy atom. The van der Waals surface area contributed by atoms with Crippen molar-refractivity contribution in [2.24, 2.45) is 7.05 Å². The first kappa shape index (κ1) is 25.8. The van der Waals surface area contributed by atoms with Crippen molar-refractivity contribution < 1.29 is 14.6 Å². The van der Waals surface area contributed by atoms with E-state index in [0.717, 1.165) is 67.9 Å². The van der Waals surface area contributed by atoms with E-state index in [0.29, 0.717) is 25.4 Å². The molecule has 194 valence electrons. The second kappa shape index (κ2) is 12.6. The number of pyridine rings is 1. The van der Waals surface area contributed by atoms with Crippen LogP contribution in [0.5, 0.6) is 0 Å². The molecule has 1 aliphatic rings. The number of rotatable bonds is 14. The van der Waals surface area contributed by atoms with E-state index in [-0.39, 0.29) is 0 Å². The van der Waals surface area contributed by atoms with E-state index < -0.39 is 12.0 Å². The molecule has 4 heterocycles. The number of carboxylic acid groups (broad SMARTS) is 1. The van der Waals surface area contributed by atoms with E-state index in [1.807, 2.05) is 23.9 Å². The predicted octanol–water partition coefficient (Wildman–Crippen LogP) is 2.95. The normalized spacial score (nSPS) is 14.0. The zero-order chi connectivity index (χ0) is 25.3. The molecule has 0 saturated heterocycles. The van der Waals surface area contributed by atoms with E-state index in [4.69, 9.17) is 9.72 Å². The molecule has 0 radical (unpaired) electrons. The number of ether oxygens (including phenoxy) is 1. The van der Waals surface area contributed by atoms with E-state index >= 15 is 0 Å². The quantitative estimate of drug-likeness (QED) is 0.290. The van der Waals surface area contributed by atoms with Gasteiger partial charge in [0.1, 0.15) is 29.7 Å². The molecule has 0 unspecified atom stereocenters. The molecule has 0 aromatic carbocycles. The topological polar surface area (TPSA) is 117 Å². The fourth-order valence-electron chi connectivity index (χ4n) is 4.63. The summed E-state index contributed by atoms with van der Waals surface area (Å²) in [7, 11) is 3.59. The van der Waals surface area contributed by atoms with Crippen molar-refractivity contribution in [2.45, 2.75) is 44.6 Å². The van der Waals surface area contributed by atoms with Crippen molar-refractivity contribution in [2.75, 3.05) is 50.5 Å². The van der Waals surface area contributed by atoms with Crippen LogP contribution in [0.1, 0.15) is 36.9 Å². The van der Waals surface area contributed by atoms with Crippen molar-refractivity contribution >= 4 is 28.6 Å². The van der Waals surface area contributed by atoms with Crippen molar-refractivity contribution in [3.8, 4) is 0 Å². The molecule has 0 aliphatic carbocycles. The number of unbranched alkanes of at least 4 members (excludes halogenated alkanes) is 1. The number of aliphatic carboxylic acids is 1. The van der Waals surface area contributed by atoms with Crippen LogP contribution in [0.4, 0.5) is 11.6 Å². The largest absolute Gasteiger partial charge is 0.480 e. The summed E-state index contributed by atoms with van der Waals surface area (Å²) < 4.78 is 7.18. The Morgan fingerprint density at radius 1 is 1.25 bits per heavy atom. The molecule has 3 N–H and O–H groups in total. The Labute approximate surface area is 212 Å². The van der Waals surface area contributed by atoms with Gasteiger partial charge in [-0.1, -0.05) is 6.07 Å². The second-order valence-electron chi connectivity index (χ2n) is 9.34. The molecule has 3 aromatic heterocycles. The van der Waals surface area contributed by atoms with Gasteiger partial charge < -0.3 is 29.9 Å². The lowest BCUT2D eigenvalue weighted by Gasteiger charge is -2.24. The van der Waals surface area contributed by atoms with Crippen LogP contribution in [0.25, 0.3) is 11.0 Å². The number of fused-ring (bicyclic) bond motifs is 2. The van der Waals surface area contributed by atoms with Gasteiger partial charge in [0.05, 0.1) is 12.0 Å². The number of nitrogens with zero attached hydrogens (tertiary/aromatic N) is 5. The van der Waals surface area contributed by atoms with Crippen LogP contribution in [0, 0.1) is 0 Å². The molecule has 36 heavy (non-hydrogen) atoms. The average Bonchev–Trinajstić information content (AvgIpc) is 3.28. The highest BCUT2D eigenvalue weighted by Crippen LogP contribution is 2.22. The summed E-state index contributed by atoms with van der Waals surface area (Å²) >= 11 is 0. The lowest BCUT2D eigenvalue weighted by molar-refractivity contribution is -0.138. The Hall–Kier alpha value is -3.24. The monoisotopic (exact) mass is 495 g/mol. The Morgan fingerprint density at radius 2 is 2.14 bits per heavy atom. The van der Waals surface area contributed by atoms with Gasteiger partial charge in [0.15, 0.2) is 0 Å². The molecule has 0 saturated carbocycles. The van der Waals surface area contributed by atoms with E-state index in [9.17, 15) is 9.90 Å². The maximum Gasteiger partial charge on any atom is 0.326 e. The number of hydrogen-bond acceptors (Lipinski definition) is 8. The van der Waals surface area contributed by atoms with Crippen LogP contribution < -0.4 is 10.6 Å².